The van der Waals surface area contributed by atoms with Crippen LogP contribution >= 0.6 is 0 Å². The van der Waals surface area contributed by atoms with Gasteiger partial charge in [-0.15, -0.1) is 0 Å². The van der Waals surface area contributed by atoms with Crippen molar-refractivity contribution in [2.24, 2.45) is 0 Å². The maximum atomic E-state index is 13.5. The number of nitrogen functional groups attached to an aromatic ring is 1. The number of carbonyl (C=O) groups is 1. The van der Waals surface area contributed by atoms with Gasteiger partial charge in [0.1, 0.15) is 5.82 Å². The van der Waals surface area contributed by atoms with Crippen LogP contribution in [0.2, 0.25) is 0 Å². The number of hydrogen-bond acceptors (Lipinski definition) is 4. The molecule has 1 aliphatic heterocycles. The van der Waals surface area contributed by atoms with Crippen LogP contribution in [-0.2, 0) is 11.3 Å². The normalized spacial score (nSPS) is 22.7. The summed E-state index contributed by atoms with van der Waals surface area (Å²) >= 11 is 0. The first-order valence-electron chi connectivity index (χ1n) is 11.2. The van der Waals surface area contributed by atoms with Gasteiger partial charge in [0.25, 0.3) is 11.5 Å². The Morgan fingerprint density at radius 2 is 1.90 bits per heavy atom. The molecular weight excluding hydrogens is 370 g/mol. The Labute approximate surface area is 172 Å². The van der Waals surface area contributed by atoms with E-state index in [-0.39, 0.29) is 23.5 Å². The van der Waals surface area contributed by atoms with E-state index in [0.29, 0.717) is 19.1 Å². The molecule has 2 aliphatic rings. The molecule has 0 radical (unpaired) electrons. The van der Waals surface area contributed by atoms with Crippen molar-refractivity contribution in [3.05, 3.63) is 20.8 Å². The van der Waals surface area contributed by atoms with E-state index >= 15 is 0 Å². The predicted octanol–water partition coefficient (Wildman–Crippen LogP) is 0.652. The number of hydrogen-bond donors (Lipinski definition) is 3. The standard InChI is InChI=1S/C21H35N5O3/c1-3-4-13-25-19(22)18(20(28)23-21(25)29)26(16-10-5-6-11-16)17(27)14-24-12-8-7-9-15(24)2/h15-16H,3-14,22H2,1-2H3,(H,23,28,29)/p+1/t15-/m0/s1. The van der Waals surface area contributed by atoms with Crippen LogP contribution in [0.25, 0.3) is 0 Å². The molecule has 0 spiro atoms. The van der Waals surface area contributed by atoms with E-state index in [1.54, 1.807) is 4.90 Å². The zero-order valence-corrected chi connectivity index (χ0v) is 17.8. The number of quaternary nitrogens is 1. The van der Waals surface area contributed by atoms with Gasteiger partial charge in [0.05, 0.1) is 12.6 Å². The molecule has 2 heterocycles. The molecule has 0 bridgehead atoms. The summed E-state index contributed by atoms with van der Waals surface area (Å²) in [6, 6.07) is 0.412. The van der Waals surface area contributed by atoms with E-state index in [0.717, 1.165) is 57.9 Å². The average Bonchev–Trinajstić information content (AvgIpc) is 3.20. The first kappa shape index (κ1) is 21.6. The van der Waals surface area contributed by atoms with Gasteiger partial charge in [-0.3, -0.25) is 24.0 Å². The number of carbonyl (C=O) groups excluding carboxylic acids is 1. The first-order chi connectivity index (χ1) is 13.9. The molecule has 1 aromatic heterocycles. The fourth-order valence-corrected chi connectivity index (χ4v) is 4.82. The molecule has 0 aromatic carbocycles. The van der Waals surface area contributed by atoms with Crippen molar-refractivity contribution in [2.45, 2.75) is 90.3 Å². The smallest absolute Gasteiger partial charge is 0.330 e. The monoisotopic (exact) mass is 406 g/mol. The zero-order valence-electron chi connectivity index (χ0n) is 17.8. The van der Waals surface area contributed by atoms with Crippen molar-refractivity contribution >= 4 is 17.4 Å². The summed E-state index contributed by atoms with van der Waals surface area (Å²) in [4.78, 5) is 43.9. The maximum absolute atomic E-state index is 13.5. The van der Waals surface area contributed by atoms with E-state index in [4.69, 9.17) is 5.73 Å². The SMILES string of the molecule is CCCCn1c(N)c(N(C(=O)C[NH+]2CCCC[C@@H]2C)C2CCCC2)c(=O)[nH]c1=O. The maximum Gasteiger partial charge on any atom is 0.330 e. The van der Waals surface area contributed by atoms with E-state index in [1.807, 2.05) is 6.92 Å². The van der Waals surface area contributed by atoms with E-state index in [1.165, 1.54) is 15.9 Å². The van der Waals surface area contributed by atoms with Gasteiger partial charge in [-0.05, 0) is 45.4 Å². The number of nitrogens with zero attached hydrogens (tertiary/aromatic N) is 2. The van der Waals surface area contributed by atoms with Gasteiger partial charge in [0.15, 0.2) is 12.2 Å². The highest BCUT2D eigenvalue weighted by Crippen LogP contribution is 2.29. The third-order valence-corrected chi connectivity index (χ3v) is 6.61. The third kappa shape index (κ3) is 4.74. The Morgan fingerprint density at radius 1 is 1.21 bits per heavy atom. The van der Waals surface area contributed by atoms with Gasteiger partial charge in [0, 0.05) is 12.6 Å². The second-order valence-corrected chi connectivity index (χ2v) is 8.68. The Hall–Kier alpha value is -2.09. The molecule has 29 heavy (non-hydrogen) atoms. The fraction of sp³-hybridized carbons (Fsp3) is 0.762. The molecule has 1 aromatic rings. The lowest BCUT2D eigenvalue weighted by molar-refractivity contribution is -0.920. The Balaban J connectivity index is 1.97. The van der Waals surface area contributed by atoms with Crippen molar-refractivity contribution in [3.8, 4) is 0 Å². The number of aromatic amines is 1. The van der Waals surface area contributed by atoms with Gasteiger partial charge in [-0.25, -0.2) is 4.79 Å². The summed E-state index contributed by atoms with van der Waals surface area (Å²) in [5.74, 6) is 0.0627. The average molecular weight is 407 g/mol. The molecule has 1 saturated heterocycles. The first-order valence-corrected chi connectivity index (χ1v) is 11.2. The number of amides is 1. The summed E-state index contributed by atoms with van der Waals surface area (Å²) in [7, 11) is 0. The lowest BCUT2D eigenvalue weighted by Gasteiger charge is -2.34. The summed E-state index contributed by atoms with van der Waals surface area (Å²) in [5, 5.41) is 0. The highest BCUT2D eigenvalue weighted by molar-refractivity contribution is 5.96. The molecule has 4 N–H and O–H groups in total. The topological polar surface area (TPSA) is 106 Å². The number of aromatic nitrogens is 2. The Morgan fingerprint density at radius 3 is 2.55 bits per heavy atom. The molecule has 1 aliphatic carbocycles. The molecule has 1 unspecified atom stereocenters. The summed E-state index contributed by atoms with van der Waals surface area (Å²) in [5.41, 5.74) is 5.45. The van der Waals surface area contributed by atoms with E-state index in [2.05, 4.69) is 11.9 Å². The lowest BCUT2D eigenvalue weighted by Crippen LogP contribution is -3.17. The van der Waals surface area contributed by atoms with Crippen LogP contribution in [-0.4, -0.2) is 40.6 Å². The highest BCUT2D eigenvalue weighted by atomic mass is 16.2. The van der Waals surface area contributed by atoms with Crippen LogP contribution in [0.1, 0.15) is 71.6 Å². The van der Waals surface area contributed by atoms with Crippen molar-refractivity contribution in [1.29, 1.82) is 0 Å². The highest BCUT2D eigenvalue weighted by Gasteiger charge is 2.35. The second-order valence-electron chi connectivity index (χ2n) is 8.68. The van der Waals surface area contributed by atoms with Crippen molar-refractivity contribution < 1.29 is 9.69 Å². The molecule has 8 nitrogen and oxygen atoms in total. The molecule has 2 fully saturated rings. The quantitative estimate of drug-likeness (QED) is 0.618. The molecule has 1 saturated carbocycles. The van der Waals surface area contributed by atoms with Crippen LogP contribution < -0.4 is 26.8 Å². The summed E-state index contributed by atoms with van der Waals surface area (Å²) < 4.78 is 1.41. The number of likely N-dealkylation sites (tertiary alicyclic amines) is 1. The van der Waals surface area contributed by atoms with Crippen molar-refractivity contribution in [2.75, 3.05) is 23.7 Å². The molecule has 1 amide bonds. The van der Waals surface area contributed by atoms with Gasteiger partial charge < -0.3 is 10.6 Å². The van der Waals surface area contributed by atoms with Crippen LogP contribution in [0.15, 0.2) is 9.59 Å². The lowest BCUT2D eigenvalue weighted by atomic mass is 10.0. The zero-order chi connectivity index (χ0) is 21.0. The minimum absolute atomic E-state index is 0.0254. The summed E-state index contributed by atoms with van der Waals surface area (Å²) in [6.07, 6.45) is 8.94. The Bertz CT molecular complexity index is 825. The predicted molar refractivity (Wildman–Crippen MR) is 114 cm³/mol. The number of rotatable bonds is 7. The molecule has 162 valence electrons. The number of nitrogens with one attached hydrogen (secondary N) is 2. The molecule has 2 atom stereocenters. The summed E-state index contributed by atoms with van der Waals surface area (Å²) in [6.45, 7) is 6.00. The largest absolute Gasteiger partial charge is 0.383 e. The third-order valence-electron chi connectivity index (χ3n) is 6.61. The number of H-pyrrole nitrogens is 1. The van der Waals surface area contributed by atoms with Crippen LogP contribution in [0.3, 0.4) is 0 Å². The fourth-order valence-electron chi connectivity index (χ4n) is 4.82. The van der Waals surface area contributed by atoms with E-state index in [9.17, 15) is 14.4 Å². The van der Waals surface area contributed by atoms with Crippen molar-refractivity contribution in [1.82, 2.24) is 9.55 Å². The molecule has 3 rings (SSSR count). The minimum Gasteiger partial charge on any atom is -0.383 e. The van der Waals surface area contributed by atoms with Gasteiger partial charge in [-0.2, -0.15) is 0 Å². The molecule has 8 heteroatoms. The molecular formula is C21H36N5O3+. The van der Waals surface area contributed by atoms with E-state index < -0.39 is 11.2 Å². The van der Waals surface area contributed by atoms with Crippen molar-refractivity contribution in [3.63, 3.8) is 0 Å². The number of piperidine rings is 1. The van der Waals surface area contributed by atoms with Crippen LogP contribution in [0.4, 0.5) is 11.5 Å². The van der Waals surface area contributed by atoms with Crippen LogP contribution in [0.5, 0.6) is 0 Å². The van der Waals surface area contributed by atoms with Gasteiger partial charge >= 0.3 is 5.69 Å². The minimum atomic E-state index is -0.554. The number of nitrogens with two attached hydrogens (primary N) is 1. The van der Waals surface area contributed by atoms with Gasteiger partial charge in [0.2, 0.25) is 0 Å². The Kier molecular flexibility index (Phi) is 7.16. The second kappa shape index (κ2) is 9.61. The van der Waals surface area contributed by atoms with Crippen LogP contribution in [0, 0.1) is 0 Å². The van der Waals surface area contributed by atoms with Gasteiger partial charge in [-0.1, -0.05) is 26.2 Å². The number of anilines is 2. The number of unbranched alkanes of at least 4 members (excludes halogenated alkanes) is 1.